The van der Waals surface area contributed by atoms with Crippen molar-refractivity contribution in [2.24, 2.45) is 0 Å². The maximum Gasteiger partial charge on any atom is 0.318 e. The van der Waals surface area contributed by atoms with Gasteiger partial charge in [-0.2, -0.15) is 0 Å². The Labute approximate surface area is 166 Å². The van der Waals surface area contributed by atoms with Gasteiger partial charge in [0.15, 0.2) is 11.6 Å². The number of hydrogen-bond acceptors (Lipinski definition) is 4. The first-order chi connectivity index (χ1) is 13.6. The van der Waals surface area contributed by atoms with E-state index in [1.165, 1.54) is 22.7 Å². The van der Waals surface area contributed by atoms with Gasteiger partial charge in [0, 0.05) is 24.2 Å². The summed E-state index contributed by atoms with van der Waals surface area (Å²) in [6.07, 6.45) is 4.02. The number of aromatic nitrogens is 1. The second-order valence-corrected chi connectivity index (χ2v) is 7.63. The maximum absolute atomic E-state index is 14.3. The minimum absolute atomic E-state index is 0.0435. The fourth-order valence-corrected chi connectivity index (χ4v) is 4.30. The Morgan fingerprint density at radius 3 is 3.07 bits per heavy atom. The van der Waals surface area contributed by atoms with Crippen LogP contribution in [0.25, 0.3) is 0 Å². The Bertz CT molecular complexity index is 977. The molecule has 144 valence electrons. The van der Waals surface area contributed by atoms with Gasteiger partial charge in [-0.25, -0.2) is 9.18 Å². The number of amides is 2. The molecule has 0 spiro atoms. The third-order valence-corrected chi connectivity index (χ3v) is 5.84. The number of carbonyl (C=O) groups excluding carboxylic acids is 1. The van der Waals surface area contributed by atoms with E-state index in [9.17, 15) is 9.18 Å². The Hall–Kier alpha value is -2.93. The lowest BCUT2D eigenvalue weighted by molar-refractivity contribution is 0.175. The molecule has 0 fully saturated rings. The number of rotatable bonds is 4. The average molecular weight is 397 g/mol. The fraction of sp³-hybridized carbons (Fsp3) is 0.238. The zero-order valence-electron chi connectivity index (χ0n) is 15.4. The number of urea groups is 1. The summed E-state index contributed by atoms with van der Waals surface area (Å²) >= 11 is 1.74. The molecule has 1 atom stereocenters. The smallest absolute Gasteiger partial charge is 0.318 e. The first kappa shape index (κ1) is 18.4. The Morgan fingerprint density at radius 2 is 2.29 bits per heavy atom. The second kappa shape index (κ2) is 7.98. The highest BCUT2D eigenvalue weighted by atomic mass is 32.1. The number of thiophene rings is 1. The van der Waals surface area contributed by atoms with Crippen molar-refractivity contribution in [2.75, 3.05) is 6.54 Å². The predicted octanol–water partition coefficient (Wildman–Crippen LogP) is 4.90. The van der Waals surface area contributed by atoms with Gasteiger partial charge in [0.2, 0.25) is 0 Å². The summed E-state index contributed by atoms with van der Waals surface area (Å²) in [5.74, 6) is 0.108. The molecular weight excluding hydrogens is 377 g/mol. The summed E-state index contributed by atoms with van der Waals surface area (Å²) in [5.41, 5.74) is 1.89. The molecule has 0 aliphatic carbocycles. The number of halogens is 1. The molecule has 5 nitrogen and oxygen atoms in total. The number of nitrogens with zero attached hydrogens (tertiary/aromatic N) is 2. The Balaban J connectivity index is 1.37. The molecule has 1 N–H and O–H groups in total. The molecule has 1 aliphatic heterocycles. The summed E-state index contributed by atoms with van der Waals surface area (Å²) in [4.78, 5) is 19.7. The molecule has 0 saturated heterocycles. The van der Waals surface area contributed by atoms with Gasteiger partial charge in [0.05, 0.1) is 12.2 Å². The number of nitrogens with one attached hydrogen (secondary N) is 1. The van der Waals surface area contributed by atoms with Gasteiger partial charge >= 0.3 is 6.03 Å². The van der Waals surface area contributed by atoms with Crippen molar-refractivity contribution >= 4 is 17.4 Å². The third-order valence-electron chi connectivity index (χ3n) is 4.84. The van der Waals surface area contributed by atoms with E-state index in [1.807, 2.05) is 11.8 Å². The lowest BCUT2D eigenvalue weighted by Crippen LogP contribution is -2.44. The second-order valence-electron chi connectivity index (χ2n) is 6.63. The van der Waals surface area contributed by atoms with Gasteiger partial charge in [-0.1, -0.05) is 6.07 Å². The van der Waals surface area contributed by atoms with Crippen LogP contribution in [0.4, 0.5) is 9.18 Å². The molecule has 2 amide bonds. The first-order valence-corrected chi connectivity index (χ1v) is 9.97. The molecule has 1 aromatic carbocycles. The molecule has 0 saturated carbocycles. The average Bonchev–Trinajstić information content (AvgIpc) is 3.19. The van der Waals surface area contributed by atoms with Crippen molar-refractivity contribution in [3.63, 3.8) is 0 Å². The summed E-state index contributed by atoms with van der Waals surface area (Å²) in [7, 11) is 0. The van der Waals surface area contributed by atoms with Crippen molar-refractivity contribution in [3.8, 4) is 11.5 Å². The number of carbonyl (C=O) groups is 1. The van der Waals surface area contributed by atoms with Gasteiger partial charge in [-0.15, -0.1) is 11.3 Å². The molecule has 3 heterocycles. The third kappa shape index (κ3) is 3.84. The number of ether oxygens (including phenoxy) is 1. The molecular formula is C21H20FN3O2S. The maximum atomic E-state index is 14.3. The minimum Gasteiger partial charge on any atom is -0.453 e. The highest BCUT2D eigenvalue weighted by molar-refractivity contribution is 7.10. The van der Waals surface area contributed by atoms with Crippen LogP contribution in [0.15, 0.2) is 54.2 Å². The number of fused-ring (bicyclic) bond motifs is 1. The van der Waals surface area contributed by atoms with E-state index in [0.29, 0.717) is 17.9 Å². The van der Waals surface area contributed by atoms with Crippen molar-refractivity contribution < 1.29 is 13.9 Å². The number of benzene rings is 1. The minimum atomic E-state index is -0.482. The Morgan fingerprint density at radius 1 is 1.39 bits per heavy atom. The van der Waals surface area contributed by atoms with Crippen LogP contribution in [-0.2, 0) is 13.0 Å². The monoisotopic (exact) mass is 397 g/mol. The summed E-state index contributed by atoms with van der Waals surface area (Å²) < 4.78 is 19.8. The van der Waals surface area contributed by atoms with Crippen LogP contribution in [0.2, 0.25) is 0 Å². The summed E-state index contributed by atoms with van der Waals surface area (Å²) in [6, 6.07) is 10.1. The first-order valence-electron chi connectivity index (χ1n) is 9.09. The van der Waals surface area contributed by atoms with Crippen LogP contribution in [0.3, 0.4) is 0 Å². The van der Waals surface area contributed by atoms with Crippen molar-refractivity contribution in [2.45, 2.75) is 25.9 Å². The zero-order chi connectivity index (χ0) is 19.5. The molecule has 4 rings (SSSR count). The summed E-state index contributed by atoms with van der Waals surface area (Å²) in [6.45, 7) is 2.98. The molecule has 0 bridgehead atoms. The van der Waals surface area contributed by atoms with E-state index >= 15 is 0 Å². The van der Waals surface area contributed by atoms with Gasteiger partial charge in [-0.3, -0.25) is 4.98 Å². The molecule has 0 unspecified atom stereocenters. The highest BCUT2D eigenvalue weighted by Gasteiger charge is 2.28. The highest BCUT2D eigenvalue weighted by Crippen LogP contribution is 2.32. The molecule has 7 heteroatoms. The molecule has 0 radical (unpaired) electrons. The van der Waals surface area contributed by atoms with Crippen LogP contribution >= 0.6 is 11.3 Å². The van der Waals surface area contributed by atoms with Gasteiger partial charge in [0.1, 0.15) is 5.75 Å². The largest absolute Gasteiger partial charge is 0.453 e. The predicted molar refractivity (Wildman–Crippen MR) is 106 cm³/mol. The van der Waals surface area contributed by atoms with Crippen LogP contribution in [0.5, 0.6) is 11.5 Å². The zero-order valence-corrected chi connectivity index (χ0v) is 16.2. The van der Waals surface area contributed by atoms with Gasteiger partial charge in [-0.05, 0) is 60.2 Å². The van der Waals surface area contributed by atoms with Crippen LogP contribution in [0, 0.1) is 5.82 Å². The lowest BCUT2D eigenvalue weighted by atomic mass is 10.0. The quantitative estimate of drug-likeness (QED) is 0.681. The SMILES string of the molecule is C[C@H]1c2ccsc2CCN1C(=O)NCc1ccc(Oc2cccnc2)c(F)c1. The normalized spacial score (nSPS) is 15.8. The van der Waals surface area contributed by atoms with Gasteiger partial charge < -0.3 is 15.0 Å². The molecule has 1 aliphatic rings. The van der Waals surface area contributed by atoms with E-state index in [2.05, 4.69) is 21.7 Å². The molecule has 3 aromatic rings. The summed E-state index contributed by atoms with van der Waals surface area (Å²) in [5, 5.41) is 4.96. The van der Waals surface area contributed by atoms with Crippen molar-refractivity contribution in [3.05, 3.63) is 76.0 Å². The topological polar surface area (TPSA) is 54.5 Å². The van der Waals surface area contributed by atoms with Crippen LogP contribution < -0.4 is 10.1 Å². The number of pyridine rings is 1. The van der Waals surface area contributed by atoms with E-state index in [-0.39, 0.29) is 24.4 Å². The van der Waals surface area contributed by atoms with E-state index < -0.39 is 5.82 Å². The number of hydrogen-bond donors (Lipinski definition) is 1. The fourth-order valence-electron chi connectivity index (χ4n) is 3.34. The van der Waals surface area contributed by atoms with E-state index in [4.69, 9.17) is 4.74 Å². The Kier molecular flexibility index (Phi) is 5.25. The van der Waals surface area contributed by atoms with Crippen LogP contribution in [0.1, 0.15) is 29.0 Å². The molecule has 2 aromatic heterocycles. The van der Waals surface area contributed by atoms with Crippen LogP contribution in [-0.4, -0.2) is 22.5 Å². The van der Waals surface area contributed by atoms with E-state index in [0.717, 1.165) is 6.42 Å². The standard InChI is InChI=1S/C21H20FN3O2S/c1-14-17-7-10-28-20(17)6-9-25(14)21(26)24-12-15-4-5-19(18(22)11-15)27-16-3-2-8-23-13-16/h2-5,7-8,10-11,13-14H,6,9,12H2,1H3,(H,24,26)/t14-/m0/s1. The van der Waals surface area contributed by atoms with Crippen molar-refractivity contribution in [1.82, 2.24) is 15.2 Å². The van der Waals surface area contributed by atoms with Crippen molar-refractivity contribution in [1.29, 1.82) is 0 Å². The van der Waals surface area contributed by atoms with Gasteiger partial charge in [0.25, 0.3) is 0 Å². The molecule has 28 heavy (non-hydrogen) atoms. The van der Waals surface area contributed by atoms with E-state index in [1.54, 1.807) is 41.8 Å². The lowest BCUT2D eigenvalue weighted by Gasteiger charge is -2.33.